The Bertz CT molecular complexity index is 226. The van der Waals surface area contributed by atoms with Crippen molar-refractivity contribution in [1.82, 2.24) is 15.6 Å². The van der Waals surface area contributed by atoms with Crippen LogP contribution in [0.5, 0.6) is 0 Å². The van der Waals surface area contributed by atoms with Gasteiger partial charge in [0.1, 0.15) is 0 Å². The molecular formula is C9H17N3O2. The second kappa shape index (κ2) is 6.48. The first-order valence-electron chi connectivity index (χ1n) is 5.15. The largest absolute Gasteiger partial charge is 0.393 e. The SMILES string of the molecule is CCCC(O)CCCCc1nnno1. The topological polar surface area (TPSA) is 72.0 Å². The predicted octanol–water partition coefficient (Wildman–Crippen LogP) is 1.34. The molecule has 1 heterocycles. The van der Waals surface area contributed by atoms with Crippen molar-refractivity contribution in [2.75, 3.05) is 0 Å². The van der Waals surface area contributed by atoms with E-state index in [9.17, 15) is 5.11 Å². The second-order valence-corrected chi connectivity index (χ2v) is 3.44. The van der Waals surface area contributed by atoms with Gasteiger partial charge in [-0.3, -0.25) is 0 Å². The average Bonchev–Trinajstić information content (AvgIpc) is 2.65. The van der Waals surface area contributed by atoms with Gasteiger partial charge in [0, 0.05) is 6.42 Å². The highest BCUT2D eigenvalue weighted by Crippen LogP contribution is 2.08. The van der Waals surface area contributed by atoms with E-state index in [1.807, 2.05) is 0 Å². The van der Waals surface area contributed by atoms with Crippen LogP contribution in [0.15, 0.2) is 4.52 Å². The summed E-state index contributed by atoms with van der Waals surface area (Å²) in [5.74, 6) is 0.579. The number of aromatic nitrogens is 3. The summed E-state index contributed by atoms with van der Waals surface area (Å²) in [5.41, 5.74) is 0. The fraction of sp³-hybridized carbons (Fsp3) is 0.889. The van der Waals surface area contributed by atoms with Crippen molar-refractivity contribution < 1.29 is 9.63 Å². The average molecular weight is 199 g/mol. The molecule has 0 amide bonds. The zero-order valence-corrected chi connectivity index (χ0v) is 8.52. The molecule has 0 radical (unpaired) electrons. The van der Waals surface area contributed by atoms with Crippen molar-refractivity contribution in [2.45, 2.75) is 51.6 Å². The summed E-state index contributed by atoms with van der Waals surface area (Å²) in [4.78, 5) is 0. The maximum absolute atomic E-state index is 9.44. The van der Waals surface area contributed by atoms with E-state index >= 15 is 0 Å². The van der Waals surface area contributed by atoms with Crippen LogP contribution in [0.3, 0.4) is 0 Å². The van der Waals surface area contributed by atoms with E-state index < -0.39 is 0 Å². The molecular weight excluding hydrogens is 182 g/mol. The summed E-state index contributed by atoms with van der Waals surface area (Å²) in [5, 5.41) is 19.8. The molecule has 1 N–H and O–H groups in total. The van der Waals surface area contributed by atoms with Crippen LogP contribution in [0.25, 0.3) is 0 Å². The summed E-state index contributed by atoms with van der Waals surface area (Å²) in [6.07, 6.45) is 5.34. The highest BCUT2D eigenvalue weighted by molar-refractivity contribution is 4.70. The van der Waals surface area contributed by atoms with Crippen LogP contribution in [0.4, 0.5) is 0 Å². The molecule has 5 nitrogen and oxygen atoms in total. The molecule has 1 atom stereocenters. The molecule has 14 heavy (non-hydrogen) atoms. The van der Waals surface area contributed by atoms with Crippen molar-refractivity contribution in [3.8, 4) is 0 Å². The fourth-order valence-corrected chi connectivity index (χ4v) is 1.38. The first-order chi connectivity index (χ1) is 6.83. The highest BCUT2D eigenvalue weighted by Gasteiger charge is 2.04. The number of nitrogens with zero attached hydrogens (tertiary/aromatic N) is 3. The fourth-order valence-electron chi connectivity index (χ4n) is 1.38. The van der Waals surface area contributed by atoms with Crippen LogP contribution in [-0.2, 0) is 6.42 Å². The predicted molar refractivity (Wildman–Crippen MR) is 50.6 cm³/mol. The lowest BCUT2D eigenvalue weighted by atomic mass is 10.1. The first kappa shape index (κ1) is 11.1. The highest BCUT2D eigenvalue weighted by atomic mass is 16.5. The van der Waals surface area contributed by atoms with Crippen LogP contribution in [0.1, 0.15) is 44.9 Å². The Labute approximate surface area is 83.5 Å². The molecule has 1 rings (SSSR count). The zero-order valence-electron chi connectivity index (χ0n) is 8.52. The van der Waals surface area contributed by atoms with Crippen LogP contribution in [0.2, 0.25) is 0 Å². The molecule has 0 saturated heterocycles. The number of hydrogen-bond donors (Lipinski definition) is 1. The Hall–Kier alpha value is -0.970. The number of rotatable bonds is 7. The van der Waals surface area contributed by atoms with E-state index in [-0.39, 0.29) is 6.10 Å². The van der Waals surface area contributed by atoms with Gasteiger partial charge in [-0.2, -0.15) is 0 Å². The van der Waals surface area contributed by atoms with Gasteiger partial charge in [-0.1, -0.05) is 24.9 Å². The molecule has 1 unspecified atom stereocenters. The monoisotopic (exact) mass is 199 g/mol. The molecule has 5 heteroatoms. The standard InChI is InChI=1S/C9H17N3O2/c1-2-5-8(13)6-3-4-7-9-10-11-12-14-9/h8,13H,2-7H2,1H3. The summed E-state index contributed by atoms with van der Waals surface area (Å²) in [6.45, 7) is 2.08. The van der Waals surface area contributed by atoms with Gasteiger partial charge in [-0.05, 0) is 24.5 Å². The van der Waals surface area contributed by atoms with Crippen molar-refractivity contribution in [2.24, 2.45) is 0 Å². The maximum atomic E-state index is 9.44. The Balaban J connectivity index is 1.99. The maximum Gasteiger partial charge on any atom is 0.248 e. The molecule has 0 spiro atoms. The van der Waals surface area contributed by atoms with Gasteiger partial charge in [0.2, 0.25) is 5.89 Å². The van der Waals surface area contributed by atoms with E-state index in [2.05, 4.69) is 22.5 Å². The number of aliphatic hydroxyl groups is 1. The molecule has 0 saturated carbocycles. The van der Waals surface area contributed by atoms with Crippen molar-refractivity contribution in [3.63, 3.8) is 0 Å². The molecule has 0 aliphatic rings. The molecule has 0 aliphatic carbocycles. The van der Waals surface area contributed by atoms with Gasteiger partial charge in [-0.15, -0.1) is 0 Å². The number of unbranched alkanes of at least 4 members (excludes halogenated alkanes) is 1. The lowest BCUT2D eigenvalue weighted by molar-refractivity contribution is 0.150. The summed E-state index contributed by atoms with van der Waals surface area (Å²) in [7, 11) is 0. The molecule has 0 aromatic carbocycles. The molecule has 0 fully saturated rings. The van der Waals surface area contributed by atoms with Gasteiger partial charge in [0.25, 0.3) is 0 Å². The molecule has 1 aromatic heterocycles. The molecule has 0 aliphatic heterocycles. The number of aryl methyl sites for hydroxylation is 1. The lowest BCUT2D eigenvalue weighted by Crippen LogP contribution is -2.05. The van der Waals surface area contributed by atoms with Crippen LogP contribution in [-0.4, -0.2) is 26.8 Å². The van der Waals surface area contributed by atoms with Gasteiger partial charge >= 0.3 is 0 Å². The van der Waals surface area contributed by atoms with Crippen molar-refractivity contribution >= 4 is 0 Å². The van der Waals surface area contributed by atoms with E-state index in [1.54, 1.807) is 0 Å². The van der Waals surface area contributed by atoms with Crippen molar-refractivity contribution in [1.29, 1.82) is 0 Å². The third-order valence-corrected chi connectivity index (χ3v) is 2.14. The molecule has 0 bridgehead atoms. The molecule has 80 valence electrons. The zero-order chi connectivity index (χ0) is 10.2. The normalized spacial score (nSPS) is 13.0. The van der Waals surface area contributed by atoms with Gasteiger partial charge < -0.3 is 9.63 Å². The Morgan fingerprint density at radius 1 is 1.36 bits per heavy atom. The summed E-state index contributed by atoms with van der Waals surface area (Å²) in [6, 6.07) is 0. The van der Waals surface area contributed by atoms with E-state index in [0.29, 0.717) is 5.89 Å². The third-order valence-electron chi connectivity index (χ3n) is 2.14. The third kappa shape index (κ3) is 4.32. The Morgan fingerprint density at radius 3 is 2.86 bits per heavy atom. The second-order valence-electron chi connectivity index (χ2n) is 3.44. The summed E-state index contributed by atoms with van der Waals surface area (Å²) < 4.78 is 4.75. The Kier molecular flexibility index (Phi) is 5.14. The van der Waals surface area contributed by atoms with E-state index in [0.717, 1.165) is 38.5 Å². The van der Waals surface area contributed by atoms with E-state index in [1.165, 1.54) is 0 Å². The van der Waals surface area contributed by atoms with Crippen LogP contribution in [0, 0.1) is 0 Å². The quantitative estimate of drug-likeness (QED) is 0.671. The van der Waals surface area contributed by atoms with Gasteiger partial charge in [0.15, 0.2) is 0 Å². The minimum absolute atomic E-state index is 0.152. The van der Waals surface area contributed by atoms with Crippen molar-refractivity contribution in [3.05, 3.63) is 5.89 Å². The van der Waals surface area contributed by atoms with E-state index in [4.69, 9.17) is 4.52 Å². The number of aliphatic hydroxyl groups excluding tert-OH is 1. The van der Waals surface area contributed by atoms with Gasteiger partial charge in [-0.25, -0.2) is 0 Å². The Morgan fingerprint density at radius 2 is 2.21 bits per heavy atom. The van der Waals surface area contributed by atoms with Crippen LogP contribution >= 0.6 is 0 Å². The first-order valence-corrected chi connectivity index (χ1v) is 5.15. The minimum atomic E-state index is -0.152. The molecule has 1 aromatic rings. The lowest BCUT2D eigenvalue weighted by Gasteiger charge is -2.07. The summed E-state index contributed by atoms with van der Waals surface area (Å²) >= 11 is 0. The van der Waals surface area contributed by atoms with Gasteiger partial charge in [0.05, 0.1) is 11.4 Å². The van der Waals surface area contributed by atoms with Crippen LogP contribution < -0.4 is 0 Å². The smallest absolute Gasteiger partial charge is 0.248 e. The minimum Gasteiger partial charge on any atom is -0.393 e. The number of hydrogen-bond acceptors (Lipinski definition) is 5.